The highest BCUT2D eigenvalue weighted by molar-refractivity contribution is 6.50. The number of H-pyrrole nitrogens is 1. The van der Waals surface area contributed by atoms with Crippen LogP contribution in [0.5, 0.6) is 11.5 Å². The molecule has 0 aliphatic carbocycles. The minimum atomic E-state index is -0.274. The first-order valence-electron chi connectivity index (χ1n) is 8.48. The number of nitrogens with one attached hydrogen (secondary N) is 1. The first-order chi connectivity index (χ1) is 13.6. The molecule has 0 radical (unpaired) electrons. The Hall–Kier alpha value is -3.08. The second-order valence-corrected chi connectivity index (χ2v) is 6.90. The Morgan fingerprint density at radius 1 is 0.964 bits per heavy atom. The zero-order valence-electron chi connectivity index (χ0n) is 14.5. The molecule has 0 saturated carbocycles. The van der Waals surface area contributed by atoms with Gasteiger partial charge in [-0.25, -0.2) is 4.98 Å². The standard InChI is InChI=1S/C22H14Cl2N2O2/c23-15-9-10-18-20(13-15)25-21(26-22(18)27)19(24)12-14-5-4-8-17(11-14)28-16-6-2-1-3-7-16/h1-13H,(H,25,26,27)/b19-12-. The Kier molecular flexibility index (Phi) is 5.15. The summed E-state index contributed by atoms with van der Waals surface area (Å²) in [6, 6.07) is 21.9. The van der Waals surface area contributed by atoms with Crippen molar-refractivity contribution in [1.82, 2.24) is 9.97 Å². The lowest BCUT2D eigenvalue weighted by Crippen LogP contribution is -2.10. The van der Waals surface area contributed by atoms with Crippen LogP contribution >= 0.6 is 23.2 Å². The summed E-state index contributed by atoms with van der Waals surface area (Å²) in [7, 11) is 0. The summed E-state index contributed by atoms with van der Waals surface area (Å²) in [5.41, 5.74) is 1.02. The molecule has 0 fully saturated rings. The average Bonchev–Trinajstić information content (AvgIpc) is 2.68. The predicted octanol–water partition coefficient (Wildman–Crippen LogP) is 6.11. The molecule has 0 bridgehead atoms. The molecule has 1 heterocycles. The molecule has 0 aliphatic rings. The van der Waals surface area contributed by atoms with Crippen molar-refractivity contribution >= 4 is 45.2 Å². The zero-order valence-corrected chi connectivity index (χ0v) is 16.0. The zero-order chi connectivity index (χ0) is 19.5. The number of fused-ring (bicyclic) bond motifs is 1. The van der Waals surface area contributed by atoms with E-state index in [4.69, 9.17) is 27.9 Å². The maximum atomic E-state index is 12.3. The smallest absolute Gasteiger partial charge is 0.259 e. The van der Waals surface area contributed by atoms with Crippen LogP contribution in [-0.2, 0) is 0 Å². The van der Waals surface area contributed by atoms with Crippen molar-refractivity contribution < 1.29 is 4.74 Å². The van der Waals surface area contributed by atoms with Crippen LogP contribution in [0, 0.1) is 0 Å². The number of para-hydroxylation sites is 1. The lowest BCUT2D eigenvalue weighted by Gasteiger charge is -2.06. The number of ether oxygens (including phenoxy) is 1. The second-order valence-electron chi connectivity index (χ2n) is 6.06. The van der Waals surface area contributed by atoms with E-state index < -0.39 is 0 Å². The average molecular weight is 409 g/mol. The maximum Gasteiger partial charge on any atom is 0.259 e. The van der Waals surface area contributed by atoms with E-state index >= 15 is 0 Å². The number of rotatable bonds is 4. The van der Waals surface area contributed by atoms with E-state index in [9.17, 15) is 4.79 Å². The molecule has 4 nitrogen and oxygen atoms in total. The molecule has 0 saturated heterocycles. The number of hydrogen-bond donors (Lipinski definition) is 1. The molecule has 0 spiro atoms. The molecule has 138 valence electrons. The van der Waals surface area contributed by atoms with E-state index in [0.29, 0.717) is 26.7 Å². The molecule has 6 heteroatoms. The van der Waals surface area contributed by atoms with Crippen molar-refractivity contribution in [3.8, 4) is 11.5 Å². The van der Waals surface area contributed by atoms with Gasteiger partial charge in [-0.05, 0) is 54.1 Å². The summed E-state index contributed by atoms with van der Waals surface area (Å²) in [5, 5.41) is 1.26. The topological polar surface area (TPSA) is 55.0 Å². The van der Waals surface area contributed by atoms with Crippen molar-refractivity contribution in [3.63, 3.8) is 0 Å². The van der Waals surface area contributed by atoms with Crippen molar-refractivity contribution in [3.05, 3.63) is 99.6 Å². The third-order valence-corrected chi connectivity index (χ3v) is 4.55. The van der Waals surface area contributed by atoms with Crippen molar-refractivity contribution in [2.24, 2.45) is 0 Å². The third kappa shape index (κ3) is 4.09. The quantitative estimate of drug-likeness (QED) is 0.443. The van der Waals surface area contributed by atoms with Gasteiger partial charge in [-0.1, -0.05) is 53.5 Å². The third-order valence-electron chi connectivity index (χ3n) is 4.03. The minimum absolute atomic E-state index is 0.274. The largest absolute Gasteiger partial charge is 0.457 e. The number of nitrogens with zero attached hydrogens (tertiary/aromatic N) is 1. The van der Waals surface area contributed by atoms with Crippen LogP contribution < -0.4 is 10.3 Å². The number of benzene rings is 3. The Bertz CT molecular complexity index is 1230. The Labute approximate surface area is 171 Å². The lowest BCUT2D eigenvalue weighted by molar-refractivity contribution is 0.482. The molecule has 0 aliphatic heterocycles. The fourth-order valence-electron chi connectivity index (χ4n) is 2.73. The van der Waals surface area contributed by atoms with Crippen LogP contribution in [0.1, 0.15) is 11.4 Å². The van der Waals surface area contributed by atoms with Gasteiger partial charge >= 0.3 is 0 Å². The molecule has 0 unspecified atom stereocenters. The summed E-state index contributed by atoms with van der Waals surface area (Å²) in [5.74, 6) is 1.69. The number of hydrogen-bond acceptors (Lipinski definition) is 3. The van der Waals surface area contributed by atoms with Gasteiger partial charge in [0.1, 0.15) is 11.5 Å². The summed E-state index contributed by atoms with van der Waals surface area (Å²) in [6.45, 7) is 0. The van der Waals surface area contributed by atoms with Crippen LogP contribution in [0.25, 0.3) is 22.0 Å². The van der Waals surface area contributed by atoms with Gasteiger partial charge < -0.3 is 9.72 Å². The Morgan fingerprint density at radius 3 is 2.57 bits per heavy atom. The molecular weight excluding hydrogens is 395 g/mol. The number of aromatic amines is 1. The summed E-state index contributed by atoms with van der Waals surface area (Å²) < 4.78 is 5.84. The molecule has 4 rings (SSSR count). The van der Waals surface area contributed by atoms with Crippen molar-refractivity contribution in [2.75, 3.05) is 0 Å². The van der Waals surface area contributed by atoms with Crippen LogP contribution in [0.4, 0.5) is 0 Å². The summed E-state index contributed by atoms with van der Waals surface area (Å²) in [4.78, 5) is 19.4. The highest BCUT2D eigenvalue weighted by atomic mass is 35.5. The van der Waals surface area contributed by atoms with Crippen molar-refractivity contribution in [2.45, 2.75) is 0 Å². The van der Waals surface area contributed by atoms with E-state index in [1.807, 2.05) is 54.6 Å². The summed E-state index contributed by atoms with van der Waals surface area (Å²) in [6.07, 6.45) is 1.72. The van der Waals surface area contributed by atoms with Crippen LogP contribution in [0.3, 0.4) is 0 Å². The molecule has 4 aromatic rings. The molecule has 1 N–H and O–H groups in total. The molecule has 0 amide bonds. The molecule has 28 heavy (non-hydrogen) atoms. The highest BCUT2D eigenvalue weighted by Crippen LogP contribution is 2.25. The van der Waals surface area contributed by atoms with E-state index in [0.717, 1.165) is 11.3 Å². The van der Waals surface area contributed by atoms with Gasteiger partial charge in [-0.15, -0.1) is 0 Å². The van der Waals surface area contributed by atoms with E-state index in [1.165, 1.54) is 0 Å². The van der Waals surface area contributed by atoms with Gasteiger partial charge in [0.05, 0.1) is 15.9 Å². The SMILES string of the molecule is O=c1[nH]c(/C(Cl)=C/c2cccc(Oc3ccccc3)c2)nc2cc(Cl)ccc12. The van der Waals surface area contributed by atoms with Gasteiger partial charge in [0.25, 0.3) is 5.56 Å². The normalized spacial score (nSPS) is 11.6. The number of halogens is 2. The predicted molar refractivity (Wildman–Crippen MR) is 114 cm³/mol. The lowest BCUT2D eigenvalue weighted by atomic mass is 10.2. The second kappa shape index (κ2) is 7.89. The van der Waals surface area contributed by atoms with E-state index in [-0.39, 0.29) is 11.4 Å². The molecule has 1 aromatic heterocycles. The maximum absolute atomic E-state index is 12.3. The van der Waals surface area contributed by atoms with Crippen LogP contribution in [0.2, 0.25) is 5.02 Å². The van der Waals surface area contributed by atoms with E-state index in [1.54, 1.807) is 24.3 Å². The van der Waals surface area contributed by atoms with E-state index in [2.05, 4.69) is 9.97 Å². The fraction of sp³-hybridized carbons (Fsp3) is 0. The van der Waals surface area contributed by atoms with Gasteiger partial charge in [0.15, 0.2) is 5.82 Å². The first kappa shape index (κ1) is 18.3. The Balaban J connectivity index is 1.66. The number of aromatic nitrogens is 2. The summed E-state index contributed by atoms with van der Waals surface area (Å²) >= 11 is 12.4. The Morgan fingerprint density at radius 2 is 1.75 bits per heavy atom. The molecule has 0 atom stereocenters. The molecular formula is C22H14Cl2N2O2. The monoisotopic (exact) mass is 408 g/mol. The minimum Gasteiger partial charge on any atom is -0.457 e. The van der Waals surface area contributed by atoms with Gasteiger partial charge in [0.2, 0.25) is 0 Å². The van der Waals surface area contributed by atoms with Gasteiger partial charge in [-0.2, -0.15) is 0 Å². The molecule has 3 aromatic carbocycles. The van der Waals surface area contributed by atoms with Crippen molar-refractivity contribution in [1.29, 1.82) is 0 Å². The fourth-order valence-corrected chi connectivity index (χ4v) is 3.11. The first-order valence-corrected chi connectivity index (χ1v) is 9.24. The van der Waals surface area contributed by atoms with Crippen LogP contribution in [0.15, 0.2) is 77.6 Å². The van der Waals surface area contributed by atoms with Gasteiger partial charge in [0, 0.05) is 5.02 Å². The highest BCUT2D eigenvalue weighted by Gasteiger charge is 2.08. The van der Waals surface area contributed by atoms with Gasteiger partial charge in [-0.3, -0.25) is 4.79 Å². The van der Waals surface area contributed by atoms with Crippen LogP contribution in [-0.4, -0.2) is 9.97 Å².